The molecule has 1 aliphatic heterocycles. The highest BCUT2D eigenvalue weighted by Gasteiger charge is 2.43. The highest BCUT2D eigenvalue weighted by atomic mass is 19.3. The molecular weight excluding hydrogens is 522 g/mol. The molecule has 1 aliphatic carbocycles. The number of carbonyl (C=O) groups excluding carboxylic acids is 3. The summed E-state index contributed by atoms with van der Waals surface area (Å²) in [6.07, 6.45) is 1.37. The van der Waals surface area contributed by atoms with Crippen molar-refractivity contribution in [2.45, 2.75) is 50.9 Å². The summed E-state index contributed by atoms with van der Waals surface area (Å²) >= 11 is 0. The van der Waals surface area contributed by atoms with Crippen molar-refractivity contribution < 1.29 is 46.5 Å². The maximum absolute atomic E-state index is 13.6. The molecule has 2 heterocycles. The van der Waals surface area contributed by atoms with Gasteiger partial charge in [0.15, 0.2) is 23.0 Å². The van der Waals surface area contributed by atoms with Crippen LogP contribution in [0.15, 0.2) is 22.6 Å². The zero-order chi connectivity index (χ0) is 28.3. The second-order valence-electron chi connectivity index (χ2n) is 9.38. The monoisotopic (exact) mass is 552 g/mol. The van der Waals surface area contributed by atoms with Crippen molar-refractivity contribution in [1.29, 1.82) is 0 Å². The fraction of sp³-hybridized carbons (Fsp3) is 0.520. The first-order valence-corrected chi connectivity index (χ1v) is 12.3. The summed E-state index contributed by atoms with van der Waals surface area (Å²) in [5.41, 5.74) is 6.27. The van der Waals surface area contributed by atoms with Crippen molar-refractivity contribution in [3.63, 3.8) is 0 Å². The molecule has 212 valence electrons. The van der Waals surface area contributed by atoms with Gasteiger partial charge in [-0.1, -0.05) is 0 Å². The minimum Gasteiger partial charge on any atom is -0.489 e. The highest BCUT2D eigenvalue weighted by Crippen LogP contribution is 2.37. The number of nitrogens with zero attached hydrogens (tertiary/aromatic N) is 2. The van der Waals surface area contributed by atoms with Gasteiger partial charge in [-0.2, -0.15) is 8.78 Å². The van der Waals surface area contributed by atoms with E-state index >= 15 is 0 Å². The van der Waals surface area contributed by atoms with Gasteiger partial charge in [0.2, 0.25) is 5.89 Å². The number of carbonyl (C=O) groups is 3. The van der Waals surface area contributed by atoms with Gasteiger partial charge < -0.3 is 39.3 Å². The van der Waals surface area contributed by atoms with Crippen LogP contribution in [0, 0.1) is 5.92 Å². The summed E-state index contributed by atoms with van der Waals surface area (Å²) in [5, 5.41) is 2.58. The predicted molar refractivity (Wildman–Crippen MR) is 130 cm³/mol. The van der Waals surface area contributed by atoms with Crippen LogP contribution >= 0.6 is 0 Å². The number of alkyl carbamates (subject to hydrolysis) is 1. The van der Waals surface area contributed by atoms with Gasteiger partial charge in [-0.3, -0.25) is 4.79 Å². The number of nitrogens with two attached hydrogens (primary N) is 1. The maximum Gasteiger partial charge on any atom is 0.407 e. The van der Waals surface area contributed by atoms with Crippen molar-refractivity contribution >= 4 is 18.0 Å². The molecule has 2 aromatic rings. The molecule has 1 saturated heterocycles. The Morgan fingerprint density at radius 1 is 1.21 bits per heavy atom. The molecule has 1 saturated carbocycles. The number of halogens is 2. The van der Waals surface area contributed by atoms with E-state index < -0.39 is 42.7 Å². The third-order valence-corrected chi connectivity index (χ3v) is 6.39. The van der Waals surface area contributed by atoms with Crippen LogP contribution in [0.2, 0.25) is 0 Å². The van der Waals surface area contributed by atoms with E-state index in [4.69, 9.17) is 19.6 Å². The number of aromatic nitrogens is 1. The normalized spacial score (nSPS) is 19.5. The Morgan fingerprint density at radius 3 is 2.56 bits per heavy atom. The molecular formula is C25H30F2N4O8. The van der Waals surface area contributed by atoms with Crippen molar-refractivity contribution in [2.75, 3.05) is 27.4 Å². The van der Waals surface area contributed by atoms with Gasteiger partial charge in [-0.15, -0.1) is 0 Å². The Hall–Kier alpha value is -3.94. The molecule has 0 unspecified atom stereocenters. The first-order chi connectivity index (χ1) is 18.6. The molecule has 0 bridgehead atoms. The fourth-order valence-electron chi connectivity index (χ4n) is 4.24. The molecule has 0 spiro atoms. The minimum absolute atomic E-state index is 0.0106. The zero-order valence-corrected chi connectivity index (χ0v) is 21.6. The van der Waals surface area contributed by atoms with Gasteiger partial charge in [-0.05, 0) is 43.9 Å². The molecule has 3 N–H and O–H groups in total. The molecule has 2 amide bonds. The summed E-state index contributed by atoms with van der Waals surface area (Å²) in [7, 11) is 2.39. The van der Waals surface area contributed by atoms with Crippen molar-refractivity contribution in [1.82, 2.24) is 15.2 Å². The number of esters is 1. The highest BCUT2D eigenvalue weighted by molar-refractivity contribution is 5.97. The molecule has 0 radical (unpaired) electrons. The third-order valence-electron chi connectivity index (χ3n) is 6.39. The average Bonchev–Trinajstić information content (AvgIpc) is 3.47. The summed E-state index contributed by atoms with van der Waals surface area (Å²) < 4.78 is 51.5. The topological polar surface area (TPSA) is 155 Å². The number of alkyl halides is 2. The second-order valence-corrected chi connectivity index (χ2v) is 9.38. The van der Waals surface area contributed by atoms with E-state index in [1.807, 2.05) is 0 Å². The van der Waals surface area contributed by atoms with Gasteiger partial charge in [0.25, 0.3) is 5.91 Å². The molecule has 4 rings (SSSR count). The smallest absolute Gasteiger partial charge is 0.407 e. The number of ether oxygens (including phenoxy) is 4. The van der Waals surface area contributed by atoms with Crippen molar-refractivity contribution in [3.8, 4) is 23.0 Å². The van der Waals surface area contributed by atoms with E-state index in [2.05, 4.69) is 19.8 Å². The third kappa shape index (κ3) is 6.56. The number of nitrogens with one attached hydrogen (secondary N) is 1. The van der Waals surface area contributed by atoms with Crippen molar-refractivity contribution in [3.05, 3.63) is 29.7 Å². The molecule has 1 aromatic heterocycles. The molecule has 3 atom stereocenters. The van der Waals surface area contributed by atoms with Crippen LogP contribution in [-0.2, 0) is 14.3 Å². The Morgan fingerprint density at radius 2 is 1.95 bits per heavy atom. The molecule has 12 nitrogen and oxygen atoms in total. The van der Waals surface area contributed by atoms with Crippen LogP contribution in [0.4, 0.5) is 13.6 Å². The first kappa shape index (κ1) is 28.1. The largest absolute Gasteiger partial charge is 0.489 e. The predicted octanol–water partition coefficient (Wildman–Crippen LogP) is 2.86. The minimum atomic E-state index is -3.05. The first-order valence-electron chi connectivity index (χ1n) is 12.3. The van der Waals surface area contributed by atoms with Gasteiger partial charge in [0.1, 0.15) is 6.04 Å². The van der Waals surface area contributed by atoms with Crippen LogP contribution in [0.25, 0.3) is 11.5 Å². The molecule has 39 heavy (non-hydrogen) atoms. The molecule has 2 fully saturated rings. The van der Waals surface area contributed by atoms with E-state index in [0.717, 1.165) is 12.8 Å². The lowest BCUT2D eigenvalue weighted by Crippen LogP contribution is -2.42. The molecule has 14 heteroatoms. The Labute approximate surface area is 222 Å². The number of likely N-dealkylation sites (tertiary alicyclic amines) is 1. The lowest BCUT2D eigenvalue weighted by Gasteiger charge is -2.22. The molecule has 2 aliphatic rings. The lowest BCUT2D eigenvalue weighted by molar-refractivity contribution is -0.145. The SMILES string of the molecule is COC(=O)N[C@@H]1C[C@@H](C(=O)OC)N(C(=O)c2nc(-c3ccc(OC(F)F)c(OCC4CC4)c3)oc2[C@H](C)N)C1. The number of hydrogen-bond acceptors (Lipinski definition) is 10. The quantitative estimate of drug-likeness (QED) is 0.420. The van der Waals surface area contributed by atoms with Crippen LogP contribution in [0.3, 0.4) is 0 Å². The Bertz CT molecular complexity index is 1220. The van der Waals surface area contributed by atoms with Gasteiger partial charge in [-0.25, -0.2) is 14.6 Å². The summed E-state index contributed by atoms with van der Waals surface area (Å²) in [6, 6.07) is 1.84. The van der Waals surface area contributed by atoms with Crippen LogP contribution in [0.1, 0.15) is 48.5 Å². The fourth-order valence-corrected chi connectivity index (χ4v) is 4.24. The summed E-state index contributed by atoms with van der Waals surface area (Å²) in [4.78, 5) is 43.4. The van der Waals surface area contributed by atoms with Crippen LogP contribution < -0.4 is 20.5 Å². The number of amides is 2. The van der Waals surface area contributed by atoms with Gasteiger partial charge >= 0.3 is 18.7 Å². The number of oxazole rings is 1. The number of hydrogen-bond donors (Lipinski definition) is 2. The Kier molecular flexibility index (Phi) is 8.53. The van der Waals surface area contributed by atoms with E-state index in [0.29, 0.717) is 18.1 Å². The van der Waals surface area contributed by atoms with E-state index in [-0.39, 0.29) is 41.8 Å². The lowest BCUT2D eigenvalue weighted by atomic mass is 10.1. The van der Waals surface area contributed by atoms with Gasteiger partial charge in [0.05, 0.1) is 32.9 Å². The zero-order valence-electron chi connectivity index (χ0n) is 21.6. The van der Waals surface area contributed by atoms with Crippen LogP contribution in [0.5, 0.6) is 11.5 Å². The second kappa shape index (κ2) is 11.8. The Balaban J connectivity index is 1.65. The summed E-state index contributed by atoms with van der Waals surface area (Å²) in [6.45, 7) is -1.13. The maximum atomic E-state index is 13.6. The van der Waals surface area contributed by atoms with Crippen LogP contribution in [-0.4, -0.2) is 73.9 Å². The molecule has 1 aromatic carbocycles. The number of methoxy groups -OCH3 is 2. The number of rotatable bonds is 10. The van der Waals surface area contributed by atoms with E-state index in [1.165, 1.54) is 37.3 Å². The van der Waals surface area contributed by atoms with E-state index in [1.54, 1.807) is 6.92 Å². The number of benzene rings is 1. The van der Waals surface area contributed by atoms with Gasteiger partial charge in [0, 0.05) is 18.5 Å². The van der Waals surface area contributed by atoms with E-state index in [9.17, 15) is 23.2 Å². The standard InChI is InChI=1S/C25H30F2N4O8/c1-12(28)20-19(22(32)31-10-15(29-25(34)36-3)9-16(31)23(33)35-2)30-21(39-20)14-6-7-17(38-24(26)27)18(8-14)37-11-13-4-5-13/h6-8,12-13,15-16,24H,4-5,9-11,28H2,1-3H3,(H,29,34)/t12-,15+,16-/m0/s1. The van der Waals surface area contributed by atoms with Crippen molar-refractivity contribution in [2.24, 2.45) is 11.7 Å². The average molecular weight is 553 g/mol. The summed E-state index contributed by atoms with van der Waals surface area (Å²) in [5.74, 6) is -1.01.